The Morgan fingerprint density at radius 3 is 1.62 bits per heavy atom. The molecule has 0 aliphatic rings. The maximum atomic E-state index is 2.34. The second-order valence-corrected chi connectivity index (χ2v) is 5.71. The molecule has 0 heterocycles. The van der Waals surface area contributed by atoms with Gasteiger partial charge in [0, 0.05) is 0 Å². The highest BCUT2D eigenvalue weighted by atomic mass is 28.3. The highest BCUT2D eigenvalue weighted by Gasteiger charge is 2.08. The summed E-state index contributed by atoms with van der Waals surface area (Å²) < 4.78 is 0. The zero-order valence-corrected chi connectivity index (χ0v) is 7.52. The van der Waals surface area contributed by atoms with E-state index in [1.807, 2.05) is 0 Å². The molecule has 49 valence electrons. The zero-order valence-electron chi connectivity index (χ0n) is 6.52. The fraction of sp³-hybridized carbons (Fsp3) is 1.00. The van der Waals surface area contributed by atoms with Crippen molar-refractivity contribution in [2.45, 2.75) is 25.7 Å². The molecule has 1 nitrogen and oxygen atoms in total. The first-order chi connectivity index (χ1) is 3.55. The van der Waals surface area contributed by atoms with Gasteiger partial charge in [-0.1, -0.05) is 20.0 Å². The number of rotatable bonds is 2. The summed E-state index contributed by atoms with van der Waals surface area (Å²) in [6.45, 7) is 6.97. The minimum absolute atomic E-state index is 0.0859. The van der Waals surface area contributed by atoms with Gasteiger partial charge < -0.3 is 4.90 Å². The quantitative estimate of drug-likeness (QED) is 0.508. The Hall–Kier alpha value is 0.177. The van der Waals surface area contributed by atoms with E-state index in [1.165, 1.54) is 0 Å². The summed E-state index contributed by atoms with van der Waals surface area (Å²) in [7, 11) is 4.20. The normalized spacial score (nSPS) is 15.4. The average molecular weight is 130 g/mol. The van der Waals surface area contributed by atoms with Crippen LogP contribution in [0.5, 0.6) is 0 Å². The van der Waals surface area contributed by atoms with Crippen molar-refractivity contribution in [3.05, 3.63) is 0 Å². The molecule has 0 spiro atoms. The highest BCUT2D eigenvalue weighted by molar-refractivity contribution is 6.57. The van der Waals surface area contributed by atoms with E-state index in [0.29, 0.717) is 0 Å². The lowest BCUT2D eigenvalue weighted by atomic mass is 10.7. The first kappa shape index (κ1) is 8.18. The lowest BCUT2D eigenvalue weighted by Crippen LogP contribution is -2.35. The van der Waals surface area contributed by atoms with E-state index >= 15 is 0 Å². The summed E-state index contributed by atoms with van der Waals surface area (Å²) in [5.74, 6) is 0. The molecule has 8 heavy (non-hydrogen) atoms. The first-order valence-electron chi connectivity index (χ1n) is 3.02. The van der Waals surface area contributed by atoms with E-state index in [1.54, 1.807) is 0 Å². The average Bonchev–Trinajstić information content (AvgIpc) is 1.64. The third kappa shape index (κ3) is 2.48. The van der Waals surface area contributed by atoms with Crippen LogP contribution in [0.3, 0.4) is 0 Å². The molecule has 0 saturated heterocycles. The van der Waals surface area contributed by atoms with Gasteiger partial charge in [-0.25, -0.2) is 0 Å². The van der Waals surface area contributed by atoms with Crippen molar-refractivity contribution < 1.29 is 0 Å². The first-order valence-corrected chi connectivity index (χ1v) is 5.60. The Balaban J connectivity index is 3.46. The summed E-state index contributed by atoms with van der Waals surface area (Å²) >= 11 is 0. The lowest BCUT2D eigenvalue weighted by molar-refractivity contribution is 0.388. The largest absolute Gasteiger partial charge is 0.310 e. The van der Waals surface area contributed by atoms with Crippen LogP contribution in [0.25, 0.3) is 0 Å². The lowest BCUT2D eigenvalue weighted by Gasteiger charge is -2.21. The van der Waals surface area contributed by atoms with E-state index in [2.05, 4.69) is 39.0 Å². The van der Waals surface area contributed by atoms with Gasteiger partial charge in [-0.3, -0.25) is 0 Å². The molecule has 0 bridgehead atoms. The van der Waals surface area contributed by atoms with E-state index in [4.69, 9.17) is 0 Å². The van der Waals surface area contributed by atoms with Gasteiger partial charge in [0.1, 0.15) is 0 Å². The highest BCUT2D eigenvalue weighted by Crippen LogP contribution is 1.95. The molecule has 0 rings (SSSR count). The van der Waals surface area contributed by atoms with Crippen molar-refractivity contribution in [1.82, 2.24) is 4.90 Å². The van der Waals surface area contributed by atoms with Gasteiger partial charge in [0.05, 0.1) is 8.80 Å². The van der Waals surface area contributed by atoms with Crippen LogP contribution in [0, 0.1) is 0 Å². The molecule has 0 fully saturated rings. The van der Waals surface area contributed by atoms with Gasteiger partial charge in [-0.15, -0.1) is 0 Å². The predicted octanol–water partition coefficient (Wildman–Crippen LogP) is 1.23. The Bertz CT molecular complexity index is 53.5. The monoisotopic (exact) mass is 130 g/mol. The van der Waals surface area contributed by atoms with Crippen molar-refractivity contribution in [3.8, 4) is 0 Å². The summed E-state index contributed by atoms with van der Waals surface area (Å²) in [5, 5.41) is 0. The minimum Gasteiger partial charge on any atom is -0.310 e. The fourth-order valence-corrected chi connectivity index (χ4v) is 1.55. The molecule has 1 atom stereocenters. The van der Waals surface area contributed by atoms with Gasteiger partial charge in [0.2, 0.25) is 0 Å². The van der Waals surface area contributed by atoms with Crippen LogP contribution in [0.4, 0.5) is 0 Å². The van der Waals surface area contributed by atoms with Gasteiger partial charge in [0.15, 0.2) is 0 Å². The van der Waals surface area contributed by atoms with Crippen molar-refractivity contribution in [3.63, 3.8) is 0 Å². The third-order valence-corrected chi connectivity index (χ3v) is 3.80. The van der Waals surface area contributed by atoms with Gasteiger partial charge in [0.25, 0.3) is 0 Å². The Morgan fingerprint density at radius 1 is 1.25 bits per heavy atom. The summed E-state index contributed by atoms with van der Waals surface area (Å²) in [6, 6.07) is 0. The number of hydrogen-bond acceptors (Lipinski definition) is 1. The van der Waals surface area contributed by atoms with Crippen molar-refractivity contribution in [2.75, 3.05) is 14.1 Å². The van der Waals surface area contributed by atoms with Crippen LogP contribution in [-0.2, 0) is 0 Å². The predicted molar refractivity (Wildman–Crippen MR) is 40.6 cm³/mol. The van der Waals surface area contributed by atoms with Crippen LogP contribution < -0.4 is 0 Å². The molecule has 0 N–H and O–H groups in total. The zero-order chi connectivity index (χ0) is 6.73. The molecular weight excluding hydrogens is 114 g/mol. The number of hydrogen-bond donors (Lipinski definition) is 0. The van der Waals surface area contributed by atoms with Crippen molar-refractivity contribution >= 4 is 8.80 Å². The Kier molecular flexibility index (Phi) is 3.32. The molecule has 0 saturated carbocycles. The van der Waals surface area contributed by atoms with Crippen LogP contribution in [0.2, 0.25) is 13.1 Å². The topological polar surface area (TPSA) is 3.24 Å². The van der Waals surface area contributed by atoms with Gasteiger partial charge in [-0.05, 0) is 19.8 Å². The second-order valence-electron chi connectivity index (χ2n) is 2.72. The Labute approximate surface area is 54.3 Å². The molecule has 2 heteroatoms. The van der Waals surface area contributed by atoms with Gasteiger partial charge >= 0.3 is 0 Å². The molecule has 1 radical (unpaired) electrons. The smallest absolute Gasteiger partial charge is 0.0622 e. The SMILES string of the molecule is CC(N(C)C)[Si](C)C. The fourth-order valence-electron chi connectivity index (χ4n) is 0.516. The Morgan fingerprint density at radius 2 is 1.62 bits per heavy atom. The minimum atomic E-state index is -0.0859. The maximum Gasteiger partial charge on any atom is 0.0622 e. The van der Waals surface area contributed by atoms with E-state index in [9.17, 15) is 0 Å². The second kappa shape index (κ2) is 3.25. The summed E-state index contributed by atoms with van der Waals surface area (Å²) in [5.41, 5.74) is 0.806. The molecule has 0 aromatic rings. The van der Waals surface area contributed by atoms with Crippen molar-refractivity contribution in [2.24, 2.45) is 0 Å². The standard InChI is InChI=1S/C6H16NSi/c1-6(7(2)3)8(4)5/h6H,1-5H3. The summed E-state index contributed by atoms with van der Waals surface area (Å²) in [6.07, 6.45) is 0. The third-order valence-electron chi connectivity index (χ3n) is 1.61. The molecule has 0 amide bonds. The molecule has 1 unspecified atom stereocenters. The van der Waals surface area contributed by atoms with Crippen LogP contribution in [-0.4, -0.2) is 33.5 Å². The van der Waals surface area contributed by atoms with Crippen LogP contribution in [0.15, 0.2) is 0 Å². The van der Waals surface area contributed by atoms with E-state index < -0.39 is 0 Å². The van der Waals surface area contributed by atoms with Crippen LogP contribution >= 0.6 is 0 Å². The molecule has 0 aromatic carbocycles. The van der Waals surface area contributed by atoms with Crippen LogP contribution in [0.1, 0.15) is 6.92 Å². The van der Waals surface area contributed by atoms with Crippen molar-refractivity contribution in [1.29, 1.82) is 0 Å². The molecule has 0 aliphatic carbocycles. The summed E-state index contributed by atoms with van der Waals surface area (Å²) in [4.78, 5) is 2.29. The van der Waals surface area contributed by atoms with E-state index in [0.717, 1.165) is 5.67 Å². The van der Waals surface area contributed by atoms with E-state index in [-0.39, 0.29) is 8.80 Å². The number of nitrogens with zero attached hydrogens (tertiary/aromatic N) is 1. The molecular formula is C6H16NSi. The van der Waals surface area contributed by atoms with Gasteiger partial charge in [-0.2, -0.15) is 0 Å². The maximum absolute atomic E-state index is 2.34. The molecule has 0 aromatic heterocycles. The molecule has 0 aliphatic heterocycles.